The number of guanidine groups is 1. The van der Waals surface area contributed by atoms with Gasteiger partial charge in [-0.1, -0.05) is 0 Å². The summed E-state index contributed by atoms with van der Waals surface area (Å²) in [6, 6.07) is 10.7. The molecule has 6 heteroatoms. The van der Waals surface area contributed by atoms with Gasteiger partial charge >= 0.3 is 0 Å². The summed E-state index contributed by atoms with van der Waals surface area (Å²) in [5, 5.41) is 3.54. The zero-order valence-corrected chi connectivity index (χ0v) is 12.5. The number of nitrogens with one attached hydrogen (secondary N) is 1. The highest BCUT2D eigenvalue weighted by molar-refractivity contribution is 6.07. The molecule has 23 heavy (non-hydrogen) atoms. The van der Waals surface area contributed by atoms with Crippen LogP contribution in [0.15, 0.2) is 63.2 Å². The number of furan rings is 1. The molecule has 0 fully saturated rings. The van der Waals surface area contributed by atoms with Gasteiger partial charge in [-0.2, -0.15) is 0 Å². The maximum absolute atomic E-state index is 12.1. The number of carbonyl (C=O) groups is 1. The van der Waals surface area contributed by atoms with Crippen LogP contribution in [0.25, 0.3) is 11.0 Å². The summed E-state index contributed by atoms with van der Waals surface area (Å²) in [7, 11) is 0. The number of hydrogen-bond acceptors (Lipinski definition) is 4. The molecule has 0 atom stereocenters. The summed E-state index contributed by atoms with van der Waals surface area (Å²) in [4.78, 5) is 24.0. The second-order valence-electron chi connectivity index (χ2n) is 4.87. The SMILES string of the molecule is C=NC(=Nc1ccc2oc(C)cc2c1)NC(=O)c1cccnc1. The van der Waals surface area contributed by atoms with Gasteiger partial charge in [0.2, 0.25) is 5.96 Å². The lowest BCUT2D eigenvalue weighted by atomic mass is 10.2. The number of hydrogen-bond donors (Lipinski definition) is 1. The van der Waals surface area contributed by atoms with E-state index in [0.29, 0.717) is 11.3 Å². The lowest BCUT2D eigenvalue weighted by Crippen LogP contribution is -2.28. The molecule has 0 radical (unpaired) electrons. The fourth-order valence-electron chi connectivity index (χ4n) is 2.13. The molecule has 2 heterocycles. The Balaban J connectivity index is 1.85. The fourth-order valence-corrected chi connectivity index (χ4v) is 2.13. The summed E-state index contributed by atoms with van der Waals surface area (Å²) >= 11 is 0. The van der Waals surface area contributed by atoms with E-state index in [1.54, 1.807) is 24.4 Å². The van der Waals surface area contributed by atoms with E-state index in [1.807, 2.05) is 25.1 Å². The van der Waals surface area contributed by atoms with E-state index in [0.717, 1.165) is 16.7 Å². The topological polar surface area (TPSA) is 79.9 Å². The van der Waals surface area contributed by atoms with Crippen molar-refractivity contribution in [1.29, 1.82) is 0 Å². The van der Waals surface area contributed by atoms with Crippen molar-refractivity contribution in [3.8, 4) is 0 Å². The Morgan fingerprint density at radius 1 is 1.30 bits per heavy atom. The van der Waals surface area contributed by atoms with Gasteiger partial charge in [-0.05, 0) is 50.0 Å². The van der Waals surface area contributed by atoms with Crippen molar-refractivity contribution >= 4 is 35.2 Å². The Hall–Kier alpha value is -3.28. The molecule has 2 aromatic heterocycles. The minimum absolute atomic E-state index is 0.124. The second-order valence-corrected chi connectivity index (χ2v) is 4.87. The van der Waals surface area contributed by atoms with Crippen molar-refractivity contribution in [2.75, 3.05) is 0 Å². The van der Waals surface area contributed by atoms with Gasteiger partial charge in [0, 0.05) is 17.8 Å². The number of benzene rings is 1. The predicted molar refractivity (Wildman–Crippen MR) is 89.3 cm³/mol. The molecule has 0 aliphatic rings. The van der Waals surface area contributed by atoms with Gasteiger partial charge in [0.15, 0.2) is 0 Å². The van der Waals surface area contributed by atoms with Crippen LogP contribution in [0.2, 0.25) is 0 Å². The maximum atomic E-state index is 12.1. The predicted octanol–water partition coefficient (Wildman–Crippen LogP) is 3.25. The van der Waals surface area contributed by atoms with Crippen molar-refractivity contribution < 1.29 is 9.21 Å². The van der Waals surface area contributed by atoms with Crippen LogP contribution in [0.3, 0.4) is 0 Å². The molecule has 1 N–H and O–H groups in total. The molecule has 3 aromatic rings. The number of nitrogens with zero attached hydrogens (tertiary/aromatic N) is 3. The van der Waals surface area contributed by atoms with Gasteiger partial charge in [0.25, 0.3) is 5.91 Å². The lowest BCUT2D eigenvalue weighted by Gasteiger charge is -2.04. The van der Waals surface area contributed by atoms with Gasteiger partial charge in [0.05, 0.1) is 11.3 Å². The molecule has 0 aliphatic heterocycles. The van der Waals surface area contributed by atoms with Crippen molar-refractivity contribution in [3.63, 3.8) is 0 Å². The van der Waals surface area contributed by atoms with E-state index in [4.69, 9.17) is 4.42 Å². The van der Waals surface area contributed by atoms with Crippen LogP contribution >= 0.6 is 0 Å². The summed E-state index contributed by atoms with van der Waals surface area (Å²) in [5.74, 6) is 0.607. The molecule has 0 saturated carbocycles. The van der Waals surface area contributed by atoms with E-state index in [-0.39, 0.29) is 11.9 Å². The molecule has 1 amide bonds. The van der Waals surface area contributed by atoms with Gasteiger partial charge in [-0.3, -0.25) is 15.1 Å². The highest BCUT2D eigenvalue weighted by atomic mass is 16.3. The van der Waals surface area contributed by atoms with Crippen LogP contribution in [-0.2, 0) is 0 Å². The monoisotopic (exact) mass is 306 g/mol. The molecular weight excluding hydrogens is 292 g/mol. The minimum Gasteiger partial charge on any atom is -0.461 e. The maximum Gasteiger partial charge on any atom is 0.259 e. The number of pyridine rings is 1. The van der Waals surface area contributed by atoms with Gasteiger partial charge in [0.1, 0.15) is 11.3 Å². The molecule has 0 unspecified atom stereocenters. The van der Waals surface area contributed by atoms with Crippen LogP contribution in [0.4, 0.5) is 5.69 Å². The van der Waals surface area contributed by atoms with Crippen LogP contribution in [0, 0.1) is 6.92 Å². The highest BCUT2D eigenvalue weighted by Gasteiger charge is 2.08. The number of aromatic nitrogens is 1. The van der Waals surface area contributed by atoms with Crippen LogP contribution in [0.5, 0.6) is 0 Å². The molecule has 0 saturated heterocycles. The summed E-state index contributed by atoms with van der Waals surface area (Å²) < 4.78 is 5.52. The third kappa shape index (κ3) is 3.32. The molecule has 6 nitrogen and oxygen atoms in total. The van der Waals surface area contributed by atoms with E-state index in [2.05, 4.69) is 27.0 Å². The first-order chi connectivity index (χ1) is 11.2. The van der Waals surface area contributed by atoms with Crippen LogP contribution in [-0.4, -0.2) is 23.6 Å². The number of aliphatic imine (C=N–C) groups is 2. The molecule has 3 rings (SSSR count). The zero-order valence-electron chi connectivity index (χ0n) is 12.5. The first kappa shape index (κ1) is 14.6. The standard InChI is InChI=1S/C17H14N4O2/c1-11-8-13-9-14(5-6-15(13)23-11)20-17(18-2)21-16(22)12-4-3-7-19-10-12/h3-10H,2H2,1H3,(H,20,21,22). The molecular formula is C17H14N4O2. The Labute approximate surface area is 132 Å². The highest BCUT2D eigenvalue weighted by Crippen LogP contribution is 2.24. The van der Waals surface area contributed by atoms with E-state index in [9.17, 15) is 4.79 Å². The normalized spacial score (nSPS) is 11.4. The Kier molecular flexibility index (Phi) is 3.97. The third-order valence-electron chi connectivity index (χ3n) is 3.16. The molecule has 0 bridgehead atoms. The van der Waals surface area contributed by atoms with Crippen LogP contribution in [0.1, 0.15) is 16.1 Å². The lowest BCUT2D eigenvalue weighted by molar-refractivity contribution is 0.0976. The molecule has 114 valence electrons. The Morgan fingerprint density at radius 3 is 2.91 bits per heavy atom. The smallest absolute Gasteiger partial charge is 0.259 e. The number of amides is 1. The van der Waals surface area contributed by atoms with Gasteiger partial charge in [-0.15, -0.1) is 0 Å². The first-order valence-corrected chi connectivity index (χ1v) is 6.93. The third-order valence-corrected chi connectivity index (χ3v) is 3.16. The van der Waals surface area contributed by atoms with Crippen molar-refractivity contribution in [2.24, 2.45) is 9.98 Å². The first-order valence-electron chi connectivity index (χ1n) is 6.93. The fraction of sp³-hybridized carbons (Fsp3) is 0.0588. The largest absolute Gasteiger partial charge is 0.461 e. The van der Waals surface area contributed by atoms with Crippen LogP contribution < -0.4 is 5.32 Å². The van der Waals surface area contributed by atoms with E-state index in [1.165, 1.54) is 6.20 Å². The number of rotatable bonds is 2. The molecule has 0 spiro atoms. The quantitative estimate of drug-likeness (QED) is 0.583. The van der Waals surface area contributed by atoms with Crippen molar-refractivity contribution in [1.82, 2.24) is 10.3 Å². The van der Waals surface area contributed by atoms with E-state index < -0.39 is 0 Å². The van der Waals surface area contributed by atoms with Gasteiger partial charge in [-0.25, -0.2) is 9.98 Å². The zero-order chi connectivity index (χ0) is 16.2. The summed E-state index contributed by atoms with van der Waals surface area (Å²) in [5.41, 5.74) is 1.85. The Morgan fingerprint density at radius 2 is 2.17 bits per heavy atom. The number of fused-ring (bicyclic) bond motifs is 1. The molecule has 1 aromatic carbocycles. The van der Waals surface area contributed by atoms with Crippen molar-refractivity contribution in [3.05, 3.63) is 60.1 Å². The summed E-state index contributed by atoms with van der Waals surface area (Å²) in [6.07, 6.45) is 3.07. The average molecular weight is 306 g/mol. The summed E-state index contributed by atoms with van der Waals surface area (Å²) in [6.45, 7) is 5.32. The second kappa shape index (κ2) is 6.23. The van der Waals surface area contributed by atoms with E-state index >= 15 is 0 Å². The number of carbonyl (C=O) groups excluding carboxylic acids is 1. The average Bonchev–Trinajstić information content (AvgIpc) is 2.94. The number of aryl methyl sites for hydroxylation is 1. The van der Waals surface area contributed by atoms with Crippen molar-refractivity contribution in [2.45, 2.75) is 6.92 Å². The van der Waals surface area contributed by atoms with Gasteiger partial charge < -0.3 is 4.42 Å². The molecule has 0 aliphatic carbocycles. The minimum atomic E-state index is -0.343. The Bertz CT molecular complexity index is 897.